The maximum Gasteiger partial charge on any atom is 0.472 e. The molecule has 0 amide bonds. The van der Waals surface area contributed by atoms with E-state index in [1.54, 1.807) is 0 Å². The first-order valence-electron chi connectivity index (χ1n) is 42.0. The average molecular weight is 1470 g/mol. The van der Waals surface area contributed by atoms with Gasteiger partial charge in [-0.2, -0.15) is 0 Å². The van der Waals surface area contributed by atoms with E-state index in [1.807, 2.05) is 0 Å². The van der Waals surface area contributed by atoms with Crippen LogP contribution in [0.4, 0.5) is 0 Å². The standard InChI is InChI=1S/C81H158O17P2/c1-7-10-12-14-16-18-20-22-24-25-26-31-34-38-45-51-57-63-78(83)91-69-76(97-81(86)66-60-54-48-40-36-32-28-27-29-33-37-43-49-55-61-73(4)5)71-95-99(87,88)93-67-75(82)68-94-100(89,90)96-72-77(70-92-79(84)64-58-52-46-42-41-44-50-56-62-74(6)9-3)98-80(85)65-59-53-47-39-35-30-23-21-19-17-15-13-11-8-2/h73-77,82H,7-72H2,1-6H3,(H,87,88)(H,89,90)/t74?,75-,76-,77-/m1/s1. The number of unbranched alkanes of at least 4 members (excludes halogenated alkanes) is 49. The van der Waals surface area contributed by atoms with E-state index in [9.17, 15) is 43.2 Å². The predicted molar refractivity (Wildman–Crippen MR) is 409 cm³/mol. The Bertz CT molecular complexity index is 1930. The summed E-state index contributed by atoms with van der Waals surface area (Å²) < 4.78 is 68.8. The Morgan fingerprint density at radius 2 is 0.510 bits per heavy atom. The van der Waals surface area contributed by atoms with Crippen molar-refractivity contribution in [1.29, 1.82) is 0 Å². The molecule has 0 rings (SSSR count). The fraction of sp³-hybridized carbons (Fsp3) is 0.951. The third-order valence-corrected chi connectivity index (χ3v) is 21.2. The molecule has 17 nitrogen and oxygen atoms in total. The first kappa shape index (κ1) is 98.1. The summed E-state index contributed by atoms with van der Waals surface area (Å²) in [5.74, 6) is -0.534. The van der Waals surface area contributed by atoms with Gasteiger partial charge in [0.1, 0.15) is 19.3 Å². The van der Waals surface area contributed by atoms with Crippen molar-refractivity contribution in [2.24, 2.45) is 11.8 Å². The molecule has 0 saturated carbocycles. The summed E-state index contributed by atoms with van der Waals surface area (Å²) in [6.07, 6.45) is 62.3. The van der Waals surface area contributed by atoms with Gasteiger partial charge in [0.05, 0.1) is 26.4 Å². The number of phosphoric acid groups is 2. The Kier molecular flexibility index (Phi) is 71.2. The lowest BCUT2D eigenvalue weighted by atomic mass is 9.99. The van der Waals surface area contributed by atoms with E-state index >= 15 is 0 Å². The van der Waals surface area contributed by atoms with Crippen LogP contribution in [0.25, 0.3) is 0 Å². The predicted octanol–water partition coefficient (Wildman–Crippen LogP) is 24.3. The van der Waals surface area contributed by atoms with Gasteiger partial charge in [-0.05, 0) is 37.5 Å². The number of esters is 4. The van der Waals surface area contributed by atoms with Crippen LogP contribution < -0.4 is 0 Å². The molecule has 0 radical (unpaired) electrons. The Hall–Kier alpha value is -1.94. The number of carbonyl (C=O) groups excluding carboxylic acids is 4. The van der Waals surface area contributed by atoms with Crippen LogP contribution in [0.2, 0.25) is 0 Å². The third kappa shape index (κ3) is 73.0. The second-order valence-corrected chi connectivity index (χ2v) is 32.8. The Morgan fingerprint density at radius 3 is 0.760 bits per heavy atom. The highest BCUT2D eigenvalue weighted by Gasteiger charge is 2.30. The fourth-order valence-electron chi connectivity index (χ4n) is 12.5. The molecule has 0 spiro atoms. The molecule has 0 saturated heterocycles. The van der Waals surface area contributed by atoms with Gasteiger partial charge < -0.3 is 33.8 Å². The average Bonchev–Trinajstić information content (AvgIpc) is 0.928. The molecule has 0 aliphatic heterocycles. The molecule has 594 valence electrons. The van der Waals surface area contributed by atoms with Crippen molar-refractivity contribution >= 4 is 39.5 Å². The minimum absolute atomic E-state index is 0.108. The minimum atomic E-state index is -4.96. The Morgan fingerprint density at radius 1 is 0.290 bits per heavy atom. The molecule has 6 atom stereocenters. The van der Waals surface area contributed by atoms with E-state index in [-0.39, 0.29) is 25.7 Å². The second kappa shape index (κ2) is 72.6. The SMILES string of the molecule is CCCCCCCCCCCCCCCCCCCC(=O)OC[C@H](COP(=O)(O)OC[C@@H](O)COP(=O)(O)OC[C@@H](COC(=O)CCCCCCCCCCC(C)CC)OC(=O)CCCCCCCCCCCCCCCC)OC(=O)CCCCCCCCCCCCCCCCC(C)C. The number of aliphatic hydroxyl groups excluding tert-OH is 1. The van der Waals surface area contributed by atoms with Gasteiger partial charge >= 0.3 is 39.5 Å². The molecule has 0 aliphatic rings. The molecule has 0 aromatic rings. The van der Waals surface area contributed by atoms with Crippen LogP contribution in [0.5, 0.6) is 0 Å². The van der Waals surface area contributed by atoms with Crippen molar-refractivity contribution in [3.05, 3.63) is 0 Å². The molecule has 0 fully saturated rings. The summed E-state index contributed by atoms with van der Waals surface area (Å²) in [7, 11) is -9.92. The van der Waals surface area contributed by atoms with Crippen LogP contribution in [0.3, 0.4) is 0 Å². The van der Waals surface area contributed by atoms with Crippen LogP contribution in [0.15, 0.2) is 0 Å². The lowest BCUT2D eigenvalue weighted by Gasteiger charge is -2.21. The number of carbonyl (C=O) groups is 4. The van der Waals surface area contributed by atoms with Crippen molar-refractivity contribution in [3.63, 3.8) is 0 Å². The zero-order chi connectivity index (χ0) is 73.5. The first-order valence-corrected chi connectivity index (χ1v) is 45.0. The number of phosphoric ester groups is 2. The molecule has 0 bridgehead atoms. The third-order valence-electron chi connectivity index (χ3n) is 19.3. The summed E-state index contributed by atoms with van der Waals surface area (Å²) in [4.78, 5) is 73.1. The molecule has 0 aromatic carbocycles. The molecule has 19 heteroatoms. The van der Waals surface area contributed by atoms with Crippen molar-refractivity contribution in [3.8, 4) is 0 Å². The zero-order valence-corrected chi connectivity index (χ0v) is 67.3. The number of aliphatic hydroxyl groups is 1. The van der Waals surface area contributed by atoms with Crippen LogP contribution in [0.1, 0.15) is 427 Å². The molecule has 3 N–H and O–H groups in total. The van der Waals surface area contributed by atoms with Gasteiger partial charge in [0, 0.05) is 25.7 Å². The normalized spacial score (nSPS) is 14.2. The van der Waals surface area contributed by atoms with Gasteiger partial charge in [-0.25, -0.2) is 9.13 Å². The van der Waals surface area contributed by atoms with Crippen LogP contribution in [-0.2, 0) is 65.4 Å². The lowest BCUT2D eigenvalue weighted by molar-refractivity contribution is -0.161. The minimum Gasteiger partial charge on any atom is -0.462 e. The Balaban J connectivity index is 5.27. The molecule has 3 unspecified atom stereocenters. The van der Waals surface area contributed by atoms with E-state index in [0.717, 1.165) is 102 Å². The molecule has 0 heterocycles. The maximum absolute atomic E-state index is 13.1. The second-order valence-electron chi connectivity index (χ2n) is 29.9. The van der Waals surface area contributed by atoms with Crippen molar-refractivity contribution < 1.29 is 80.2 Å². The fourth-order valence-corrected chi connectivity index (χ4v) is 14.1. The number of hydrogen-bond acceptors (Lipinski definition) is 15. The van der Waals surface area contributed by atoms with Gasteiger partial charge in [0.25, 0.3) is 0 Å². The Labute approximate surface area is 613 Å². The van der Waals surface area contributed by atoms with E-state index in [1.165, 1.54) is 244 Å². The van der Waals surface area contributed by atoms with Crippen molar-refractivity contribution in [2.75, 3.05) is 39.6 Å². The van der Waals surface area contributed by atoms with Gasteiger partial charge in [-0.1, -0.05) is 375 Å². The molecule has 100 heavy (non-hydrogen) atoms. The topological polar surface area (TPSA) is 237 Å². The smallest absolute Gasteiger partial charge is 0.462 e. The summed E-state index contributed by atoms with van der Waals surface area (Å²) in [5, 5.41) is 10.6. The summed E-state index contributed by atoms with van der Waals surface area (Å²) in [5.41, 5.74) is 0. The lowest BCUT2D eigenvalue weighted by Crippen LogP contribution is -2.30. The molecular weight excluding hydrogens is 1310 g/mol. The van der Waals surface area contributed by atoms with E-state index in [2.05, 4.69) is 41.5 Å². The van der Waals surface area contributed by atoms with Crippen LogP contribution in [-0.4, -0.2) is 96.7 Å². The zero-order valence-electron chi connectivity index (χ0n) is 65.5. The van der Waals surface area contributed by atoms with Gasteiger partial charge in [-0.3, -0.25) is 37.3 Å². The molecule has 0 aromatic heterocycles. The van der Waals surface area contributed by atoms with Crippen LogP contribution in [0, 0.1) is 11.8 Å². The quantitative estimate of drug-likeness (QED) is 0.0222. The number of ether oxygens (including phenoxy) is 4. The van der Waals surface area contributed by atoms with Gasteiger partial charge in [0.15, 0.2) is 12.2 Å². The highest BCUT2D eigenvalue weighted by molar-refractivity contribution is 7.47. The highest BCUT2D eigenvalue weighted by Crippen LogP contribution is 2.45. The van der Waals surface area contributed by atoms with E-state index in [4.69, 9.17) is 37.0 Å². The number of rotatable bonds is 80. The largest absolute Gasteiger partial charge is 0.472 e. The highest BCUT2D eigenvalue weighted by atomic mass is 31.2. The maximum atomic E-state index is 13.1. The van der Waals surface area contributed by atoms with Crippen molar-refractivity contribution in [1.82, 2.24) is 0 Å². The van der Waals surface area contributed by atoms with E-state index < -0.39 is 97.5 Å². The molecular formula is C81H158O17P2. The van der Waals surface area contributed by atoms with Crippen molar-refractivity contribution in [2.45, 2.75) is 445 Å². The molecule has 0 aliphatic carbocycles. The summed E-state index contributed by atoms with van der Waals surface area (Å²) in [6, 6.07) is 0. The summed E-state index contributed by atoms with van der Waals surface area (Å²) in [6.45, 7) is 9.67. The van der Waals surface area contributed by atoms with E-state index in [0.29, 0.717) is 25.7 Å². The summed E-state index contributed by atoms with van der Waals surface area (Å²) >= 11 is 0. The number of hydrogen-bond donors (Lipinski definition) is 3. The van der Waals surface area contributed by atoms with Gasteiger partial charge in [0.2, 0.25) is 0 Å². The van der Waals surface area contributed by atoms with Crippen LogP contribution >= 0.6 is 15.6 Å². The monoisotopic (exact) mass is 1470 g/mol. The first-order chi connectivity index (χ1) is 48.4. The van der Waals surface area contributed by atoms with Gasteiger partial charge in [-0.15, -0.1) is 0 Å².